The molecule has 4 atom stereocenters. The molecule has 1 heterocycles. The molecule has 0 bridgehead atoms. The Morgan fingerprint density at radius 1 is 0.750 bits per heavy atom. The van der Waals surface area contributed by atoms with Gasteiger partial charge in [-0.15, -0.1) is 0 Å². The number of fused-ring (bicyclic) bond motifs is 1. The Balaban J connectivity index is 1.28. The van der Waals surface area contributed by atoms with Crippen LogP contribution in [0.25, 0.3) is 10.8 Å². The fourth-order valence-corrected chi connectivity index (χ4v) is 7.23. The SMILES string of the molecule is COCC(O)COC1CN(C(=O)OCCCCCCON(O)O)CC(OCc2cc(OC)c3ccccc3c2)C1c1ccc(OCCCOCc2ccccc2OC)cc1. The molecule has 4 aromatic carbocycles. The van der Waals surface area contributed by atoms with Gasteiger partial charge >= 0.3 is 6.09 Å². The minimum Gasteiger partial charge on any atom is -0.496 e. The molecule has 0 radical (unpaired) electrons. The van der Waals surface area contributed by atoms with Crippen LogP contribution in [0.15, 0.2) is 84.9 Å². The highest BCUT2D eigenvalue weighted by Gasteiger charge is 2.42. The molecule has 15 heteroatoms. The fourth-order valence-electron chi connectivity index (χ4n) is 7.23. The third-order valence-electron chi connectivity index (χ3n) is 10.2. The lowest BCUT2D eigenvalue weighted by molar-refractivity contribution is -0.492. The zero-order valence-corrected chi connectivity index (χ0v) is 34.8. The molecule has 4 aromatic rings. The van der Waals surface area contributed by atoms with Gasteiger partial charge in [0.2, 0.25) is 0 Å². The topological polar surface area (TPSA) is 167 Å². The van der Waals surface area contributed by atoms with E-state index >= 15 is 0 Å². The molecule has 1 saturated heterocycles. The normalized spacial score (nSPS) is 17.2. The van der Waals surface area contributed by atoms with Gasteiger partial charge in [0.05, 0.1) is 97.8 Å². The summed E-state index contributed by atoms with van der Waals surface area (Å²) in [5, 5.41) is 29.7. The summed E-state index contributed by atoms with van der Waals surface area (Å²) in [6, 6.07) is 27.6. The first kappa shape index (κ1) is 46.5. The van der Waals surface area contributed by atoms with Crippen molar-refractivity contribution < 1.29 is 63.0 Å². The van der Waals surface area contributed by atoms with Gasteiger partial charge < -0.3 is 47.9 Å². The quantitative estimate of drug-likeness (QED) is 0.0440. The number of aliphatic hydroxyl groups excluding tert-OH is 1. The summed E-state index contributed by atoms with van der Waals surface area (Å²) in [4.78, 5) is 19.8. The lowest BCUT2D eigenvalue weighted by Gasteiger charge is -2.43. The maximum Gasteiger partial charge on any atom is 0.409 e. The average molecular weight is 837 g/mol. The first-order chi connectivity index (χ1) is 29.3. The number of methoxy groups -OCH3 is 3. The highest BCUT2D eigenvalue weighted by molar-refractivity contribution is 5.89. The van der Waals surface area contributed by atoms with E-state index in [4.69, 9.17) is 48.3 Å². The summed E-state index contributed by atoms with van der Waals surface area (Å²) >= 11 is 0. The van der Waals surface area contributed by atoms with Crippen molar-refractivity contribution in [1.82, 2.24) is 10.3 Å². The number of aliphatic hydroxyl groups is 1. The van der Waals surface area contributed by atoms with Crippen LogP contribution in [0, 0.1) is 0 Å². The maximum absolute atomic E-state index is 13.6. The minimum absolute atomic E-state index is 0.0131. The van der Waals surface area contributed by atoms with Gasteiger partial charge in [-0.3, -0.25) is 15.3 Å². The molecule has 15 nitrogen and oxygen atoms in total. The third kappa shape index (κ3) is 14.6. The predicted octanol–water partition coefficient (Wildman–Crippen LogP) is 6.93. The molecule has 4 unspecified atom stereocenters. The van der Waals surface area contributed by atoms with Crippen molar-refractivity contribution >= 4 is 16.9 Å². The molecule has 0 saturated carbocycles. The number of para-hydroxylation sites is 1. The van der Waals surface area contributed by atoms with E-state index in [1.54, 1.807) is 19.1 Å². The second kappa shape index (κ2) is 25.3. The molecule has 5 rings (SSSR count). The lowest BCUT2D eigenvalue weighted by Crippen LogP contribution is -2.55. The number of carbonyl (C=O) groups excluding carboxylic acids is 1. The van der Waals surface area contributed by atoms with Gasteiger partial charge in [0.15, 0.2) is 0 Å². The van der Waals surface area contributed by atoms with Gasteiger partial charge in [-0.25, -0.2) is 4.79 Å². The van der Waals surface area contributed by atoms with Gasteiger partial charge in [0.25, 0.3) is 0 Å². The largest absolute Gasteiger partial charge is 0.496 e. The van der Waals surface area contributed by atoms with E-state index < -0.39 is 24.4 Å². The van der Waals surface area contributed by atoms with Crippen molar-refractivity contribution in [3.05, 3.63) is 102 Å². The van der Waals surface area contributed by atoms with Crippen LogP contribution in [0.1, 0.15) is 54.7 Å². The van der Waals surface area contributed by atoms with Gasteiger partial charge in [-0.05, 0) is 66.1 Å². The van der Waals surface area contributed by atoms with Crippen molar-refractivity contribution in [1.29, 1.82) is 0 Å². The van der Waals surface area contributed by atoms with Gasteiger partial charge in [0, 0.05) is 30.4 Å². The zero-order chi connectivity index (χ0) is 42.5. The van der Waals surface area contributed by atoms with Crippen LogP contribution in [-0.2, 0) is 41.7 Å². The van der Waals surface area contributed by atoms with Crippen LogP contribution in [0.2, 0.25) is 0 Å². The summed E-state index contributed by atoms with van der Waals surface area (Å²) in [6.45, 7) is 2.57. The number of hydrogen-bond acceptors (Lipinski definition) is 14. The third-order valence-corrected chi connectivity index (χ3v) is 10.2. The standard InChI is InChI=1S/C45H60N2O13/c1-52-31-37(48)32-59-43-28-46(45(49)57-22-10-4-5-11-24-60-47(50)51)27-42(58-29-33-25-35-13-6-8-15-39(35)41(26-33)54-3)44(43)34-17-19-38(20-18-34)56-23-12-21-55-30-36-14-7-9-16-40(36)53-2/h6-9,13-20,25-26,37,42-44,48,50-51H,4-5,10-12,21-24,27-32H2,1-3H3. The zero-order valence-electron chi connectivity index (χ0n) is 34.8. The van der Waals surface area contributed by atoms with E-state index in [-0.39, 0.29) is 57.4 Å². The van der Waals surface area contributed by atoms with E-state index in [0.717, 1.165) is 51.8 Å². The maximum atomic E-state index is 13.6. The van der Waals surface area contributed by atoms with Crippen LogP contribution in [0.3, 0.4) is 0 Å². The summed E-state index contributed by atoms with van der Waals surface area (Å²) in [6.07, 6.45) is 0.993. The molecule has 328 valence electrons. The van der Waals surface area contributed by atoms with E-state index in [2.05, 4.69) is 10.9 Å². The molecular weight excluding hydrogens is 776 g/mol. The van der Waals surface area contributed by atoms with Crippen LogP contribution < -0.4 is 14.2 Å². The first-order valence-corrected chi connectivity index (χ1v) is 20.4. The number of likely N-dealkylation sites (tertiary alicyclic amines) is 1. The summed E-state index contributed by atoms with van der Waals surface area (Å²) in [7, 11) is 4.81. The molecule has 0 aromatic heterocycles. The van der Waals surface area contributed by atoms with Crippen LogP contribution in [0.4, 0.5) is 4.79 Å². The summed E-state index contributed by atoms with van der Waals surface area (Å²) in [5.74, 6) is 1.90. The number of carbonyl (C=O) groups is 1. The van der Waals surface area contributed by atoms with Crippen molar-refractivity contribution in [3.63, 3.8) is 0 Å². The number of benzene rings is 4. The molecule has 1 fully saturated rings. The predicted molar refractivity (Wildman–Crippen MR) is 221 cm³/mol. The molecule has 0 aliphatic carbocycles. The molecule has 3 N–H and O–H groups in total. The van der Waals surface area contributed by atoms with E-state index in [1.165, 1.54) is 7.11 Å². The van der Waals surface area contributed by atoms with Crippen LogP contribution >= 0.6 is 0 Å². The fraction of sp³-hybridized carbons (Fsp3) is 0.489. The number of amides is 1. The molecule has 1 aliphatic heterocycles. The molecular formula is C45H60N2O13. The van der Waals surface area contributed by atoms with Crippen molar-refractivity contribution in [2.75, 3.05) is 74.1 Å². The Morgan fingerprint density at radius 3 is 2.22 bits per heavy atom. The molecule has 1 amide bonds. The second-order valence-corrected chi connectivity index (χ2v) is 14.5. The smallest absolute Gasteiger partial charge is 0.409 e. The minimum atomic E-state index is -0.875. The van der Waals surface area contributed by atoms with Gasteiger partial charge in [-0.2, -0.15) is 0 Å². The first-order valence-electron chi connectivity index (χ1n) is 20.4. The highest BCUT2D eigenvalue weighted by Crippen LogP contribution is 2.36. The van der Waals surface area contributed by atoms with Crippen molar-refractivity contribution in [2.45, 2.75) is 69.5 Å². The number of nitrogens with zero attached hydrogens (tertiary/aromatic N) is 2. The van der Waals surface area contributed by atoms with Gasteiger partial charge in [0.1, 0.15) is 23.4 Å². The monoisotopic (exact) mass is 836 g/mol. The average Bonchev–Trinajstić information content (AvgIpc) is 3.26. The molecule has 0 spiro atoms. The number of rotatable bonds is 26. The number of hydrogen-bond donors (Lipinski definition) is 3. The van der Waals surface area contributed by atoms with Crippen LogP contribution in [-0.4, -0.2) is 124 Å². The number of piperidine rings is 1. The van der Waals surface area contributed by atoms with E-state index in [9.17, 15) is 9.90 Å². The van der Waals surface area contributed by atoms with E-state index in [1.807, 2.05) is 78.9 Å². The molecule has 60 heavy (non-hydrogen) atoms. The van der Waals surface area contributed by atoms with Gasteiger partial charge in [-0.1, -0.05) is 61.0 Å². The Morgan fingerprint density at radius 2 is 1.47 bits per heavy atom. The van der Waals surface area contributed by atoms with Crippen LogP contribution in [0.5, 0.6) is 17.2 Å². The number of ether oxygens (including phenoxy) is 8. The lowest BCUT2D eigenvalue weighted by atomic mass is 9.84. The Kier molecular flexibility index (Phi) is 19.6. The number of unbranched alkanes of at least 4 members (excludes halogenated alkanes) is 3. The summed E-state index contributed by atoms with van der Waals surface area (Å²) in [5.41, 5.74) is 2.82. The van der Waals surface area contributed by atoms with Crippen molar-refractivity contribution in [2.24, 2.45) is 0 Å². The Hall–Kier alpha value is -4.55. The van der Waals surface area contributed by atoms with E-state index in [0.29, 0.717) is 44.8 Å². The Bertz CT molecular complexity index is 1850. The Labute approximate surface area is 352 Å². The summed E-state index contributed by atoms with van der Waals surface area (Å²) < 4.78 is 47.1. The highest BCUT2D eigenvalue weighted by atomic mass is 17.1. The molecule has 1 aliphatic rings. The van der Waals surface area contributed by atoms with Crippen molar-refractivity contribution in [3.8, 4) is 17.2 Å². The second-order valence-electron chi connectivity index (χ2n) is 14.5.